The average molecular weight is 381 g/mol. The van der Waals surface area contributed by atoms with Gasteiger partial charge in [0.05, 0.1) is 5.75 Å². The third kappa shape index (κ3) is 3.57. The summed E-state index contributed by atoms with van der Waals surface area (Å²) >= 11 is 1.29. The van der Waals surface area contributed by atoms with Crippen molar-refractivity contribution < 1.29 is 9.59 Å². The highest BCUT2D eigenvalue weighted by Gasteiger charge is 2.22. The molecule has 1 aliphatic heterocycles. The van der Waals surface area contributed by atoms with Crippen molar-refractivity contribution in [2.75, 3.05) is 17.2 Å². The fourth-order valence-electron chi connectivity index (χ4n) is 3.19. The van der Waals surface area contributed by atoms with E-state index in [9.17, 15) is 9.59 Å². The number of benzene rings is 1. The van der Waals surface area contributed by atoms with Crippen molar-refractivity contribution in [2.45, 2.75) is 31.8 Å². The van der Waals surface area contributed by atoms with Gasteiger partial charge >= 0.3 is 0 Å². The van der Waals surface area contributed by atoms with Gasteiger partial charge in [0.15, 0.2) is 5.78 Å². The molecule has 0 spiro atoms. The molecule has 0 N–H and O–H groups in total. The lowest BCUT2D eigenvalue weighted by atomic mass is 10.1. The Morgan fingerprint density at radius 1 is 1.22 bits per heavy atom. The lowest BCUT2D eigenvalue weighted by Gasteiger charge is -2.16. The number of carbonyl (C=O) groups is 2. The van der Waals surface area contributed by atoms with Gasteiger partial charge in [0, 0.05) is 35.6 Å². The van der Waals surface area contributed by atoms with Crippen LogP contribution in [0.25, 0.3) is 5.78 Å². The van der Waals surface area contributed by atoms with E-state index in [2.05, 4.69) is 15.1 Å². The molecule has 1 aliphatic rings. The smallest absolute Gasteiger partial charge is 0.253 e. The van der Waals surface area contributed by atoms with Gasteiger partial charge in [-0.2, -0.15) is 4.98 Å². The zero-order chi connectivity index (χ0) is 19.0. The molecule has 1 saturated heterocycles. The maximum Gasteiger partial charge on any atom is 0.253 e. The van der Waals surface area contributed by atoms with Gasteiger partial charge < -0.3 is 4.90 Å². The maximum absolute atomic E-state index is 12.6. The van der Waals surface area contributed by atoms with Crippen molar-refractivity contribution in [2.24, 2.45) is 0 Å². The minimum absolute atomic E-state index is 0.0202. The average Bonchev–Trinajstić information content (AvgIpc) is 3.25. The highest BCUT2D eigenvalue weighted by Crippen LogP contribution is 2.23. The van der Waals surface area contributed by atoms with E-state index in [1.54, 1.807) is 21.5 Å². The second-order valence-electron chi connectivity index (χ2n) is 6.56. The molecule has 0 aliphatic carbocycles. The van der Waals surface area contributed by atoms with Gasteiger partial charge in [-0.25, -0.2) is 9.50 Å². The van der Waals surface area contributed by atoms with Crippen LogP contribution in [0.5, 0.6) is 0 Å². The highest BCUT2D eigenvalue weighted by atomic mass is 32.2. The lowest BCUT2D eigenvalue weighted by Crippen LogP contribution is -2.23. The summed E-state index contributed by atoms with van der Waals surface area (Å²) < 4.78 is 1.68. The Morgan fingerprint density at radius 3 is 2.85 bits per heavy atom. The van der Waals surface area contributed by atoms with E-state index < -0.39 is 0 Å². The first-order valence-electron chi connectivity index (χ1n) is 8.79. The molecule has 0 saturated carbocycles. The third-order valence-corrected chi connectivity index (χ3v) is 5.32. The zero-order valence-corrected chi connectivity index (χ0v) is 16.0. The third-order valence-electron chi connectivity index (χ3n) is 4.48. The van der Waals surface area contributed by atoms with Crippen LogP contribution in [-0.4, -0.2) is 43.6 Å². The Balaban J connectivity index is 1.48. The fraction of sp³-hybridized carbons (Fsp3) is 0.316. The van der Waals surface area contributed by atoms with Crippen LogP contribution < -0.4 is 4.90 Å². The van der Waals surface area contributed by atoms with E-state index in [0.717, 1.165) is 23.5 Å². The van der Waals surface area contributed by atoms with Gasteiger partial charge in [0.25, 0.3) is 5.78 Å². The quantitative estimate of drug-likeness (QED) is 0.499. The number of Topliss-reactive ketones (excluding diaryl/α,β-unsaturated/α-hetero) is 1. The number of aromatic nitrogens is 4. The van der Waals surface area contributed by atoms with E-state index in [1.165, 1.54) is 11.8 Å². The van der Waals surface area contributed by atoms with E-state index in [1.807, 2.05) is 32.0 Å². The normalized spacial score (nSPS) is 14.3. The van der Waals surface area contributed by atoms with Crippen molar-refractivity contribution in [1.82, 2.24) is 19.6 Å². The Labute approximate surface area is 160 Å². The summed E-state index contributed by atoms with van der Waals surface area (Å²) in [6.07, 6.45) is 1.43. The number of ketones is 1. The fourth-order valence-corrected chi connectivity index (χ4v) is 3.90. The molecule has 138 valence electrons. The second kappa shape index (κ2) is 7.11. The van der Waals surface area contributed by atoms with Crippen LogP contribution in [0.2, 0.25) is 0 Å². The van der Waals surface area contributed by atoms with Crippen molar-refractivity contribution >= 4 is 34.9 Å². The monoisotopic (exact) mass is 381 g/mol. The Bertz CT molecular complexity index is 1050. The Morgan fingerprint density at radius 2 is 2.07 bits per heavy atom. The molecular weight excluding hydrogens is 362 g/mol. The number of hydrogen-bond acceptors (Lipinski definition) is 6. The number of rotatable bonds is 5. The molecule has 3 aromatic rings. The number of hydrogen-bond donors (Lipinski definition) is 0. The molecule has 1 aromatic carbocycles. The molecule has 3 heterocycles. The van der Waals surface area contributed by atoms with E-state index in [0.29, 0.717) is 29.5 Å². The number of aryl methyl sites for hydroxylation is 2. The summed E-state index contributed by atoms with van der Waals surface area (Å²) in [5.74, 6) is 0.859. The first-order valence-corrected chi connectivity index (χ1v) is 9.77. The lowest BCUT2D eigenvalue weighted by molar-refractivity contribution is -0.117. The van der Waals surface area contributed by atoms with Crippen LogP contribution in [0.15, 0.2) is 35.5 Å². The molecule has 27 heavy (non-hydrogen) atoms. The van der Waals surface area contributed by atoms with Crippen LogP contribution in [0.4, 0.5) is 5.69 Å². The summed E-state index contributed by atoms with van der Waals surface area (Å²) in [4.78, 5) is 35.0. The largest absolute Gasteiger partial charge is 0.312 e. The van der Waals surface area contributed by atoms with E-state index in [-0.39, 0.29) is 17.4 Å². The van der Waals surface area contributed by atoms with Gasteiger partial charge in [-0.15, -0.1) is 5.10 Å². The molecule has 4 rings (SSSR count). The Hall–Kier alpha value is -2.74. The van der Waals surface area contributed by atoms with Gasteiger partial charge in [-0.05, 0) is 38.5 Å². The molecule has 7 nitrogen and oxygen atoms in total. The molecule has 2 aromatic heterocycles. The van der Waals surface area contributed by atoms with Gasteiger partial charge in [0.1, 0.15) is 0 Å². The number of nitrogens with zero attached hydrogens (tertiary/aromatic N) is 5. The Kier molecular flexibility index (Phi) is 4.65. The number of fused-ring (bicyclic) bond motifs is 1. The second-order valence-corrected chi connectivity index (χ2v) is 7.50. The van der Waals surface area contributed by atoms with E-state index >= 15 is 0 Å². The van der Waals surface area contributed by atoms with Crippen molar-refractivity contribution in [3.05, 3.63) is 47.3 Å². The summed E-state index contributed by atoms with van der Waals surface area (Å²) in [6, 6.07) is 9.19. The van der Waals surface area contributed by atoms with Crippen LogP contribution >= 0.6 is 11.8 Å². The predicted molar refractivity (Wildman–Crippen MR) is 103 cm³/mol. The maximum atomic E-state index is 12.6. The standard InChI is InChI=1S/C19H19N5O2S/c1-12-9-13(2)24-18(20-12)21-19(22-24)27-11-16(25)14-5-3-6-15(10-14)23-8-4-7-17(23)26/h3,5-6,9-10H,4,7-8,11H2,1-2H3. The van der Waals surface area contributed by atoms with Crippen molar-refractivity contribution in [1.29, 1.82) is 0 Å². The van der Waals surface area contributed by atoms with E-state index in [4.69, 9.17) is 0 Å². The SMILES string of the molecule is Cc1cc(C)n2nc(SCC(=O)c3cccc(N4CCCC4=O)c3)nc2n1. The molecule has 1 amide bonds. The predicted octanol–water partition coefficient (Wildman–Crippen LogP) is 2.84. The highest BCUT2D eigenvalue weighted by molar-refractivity contribution is 7.99. The molecule has 0 radical (unpaired) electrons. The van der Waals surface area contributed by atoms with Gasteiger partial charge in [-0.1, -0.05) is 23.9 Å². The summed E-state index contributed by atoms with van der Waals surface area (Å²) in [5, 5.41) is 4.93. The van der Waals surface area contributed by atoms with Gasteiger partial charge in [-0.3, -0.25) is 9.59 Å². The van der Waals surface area contributed by atoms with Crippen LogP contribution in [0.3, 0.4) is 0 Å². The number of thioether (sulfide) groups is 1. The zero-order valence-electron chi connectivity index (χ0n) is 15.2. The minimum atomic E-state index is -0.0202. The molecule has 1 fully saturated rings. The molecule has 8 heteroatoms. The number of carbonyl (C=O) groups excluding carboxylic acids is 2. The molecule has 0 unspecified atom stereocenters. The topological polar surface area (TPSA) is 80.5 Å². The molecule has 0 bridgehead atoms. The first-order chi connectivity index (χ1) is 13.0. The van der Waals surface area contributed by atoms with Gasteiger partial charge in [0.2, 0.25) is 11.1 Å². The number of amides is 1. The van der Waals surface area contributed by atoms with Crippen LogP contribution in [-0.2, 0) is 4.79 Å². The number of anilines is 1. The van der Waals surface area contributed by atoms with Crippen LogP contribution in [0.1, 0.15) is 34.6 Å². The first kappa shape index (κ1) is 17.7. The minimum Gasteiger partial charge on any atom is -0.312 e. The van der Waals surface area contributed by atoms with Crippen molar-refractivity contribution in [3.63, 3.8) is 0 Å². The summed E-state index contributed by atoms with van der Waals surface area (Å²) in [7, 11) is 0. The molecule has 0 atom stereocenters. The molecular formula is C19H19N5O2S. The van der Waals surface area contributed by atoms with Crippen LogP contribution in [0, 0.1) is 13.8 Å². The summed E-state index contributed by atoms with van der Waals surface area (Å²) in [6.45, 7) is 4.57. The summed E-state index contributed by atoms with van der Waals surface area (Å²) in [5.41, 5.74) is 3.21. The van der Waals surface area contributed by atoms with Crippen molar-refractivity contribution in [3.8, 4) is 0 Å².